The zero-order valence-corrected chi connectivity index (χ0v) is 9.99. The van der Waals surface area contributed by atoms with Gasteiger partial charge in [0.15, 0.2) is 5.65 Å². The van der Waals surface area contributed by atoms with Crippen LogP contribution in [-0.4, -0.2) is 33.6 Å². The summed E-state index contributed by atoms with van der Waals surface area (Å²) in [6, 6.07) is 3.91. The Kier molecular flexibility index (Phi) is 2.62. The van der Waals surface area contributed by atoms with Crippen LogP contribution in [0.1, 0.15) is 12.8 Å². The monoisotopic (exact) mass is 245 g/mol. The van der Waals surface area contributed by atoms with E-state index in [-0.39, 0.29) is 11.8 Å². The van der Waals surface area contributed by atoms with E-state index in [9.17, 15) is 4.79 Å². The second-order valence-corrected chi connectivity index (χ2v) is 4.59. The van der Waals surface area contributed by atoms with E-state index in [4.69, 9.17) is 5.73 Å². The summed E-state index contributed by atoms with van der Waals surface area (Å²) < 4.78 is 1.76. The lowest BCUT2D eigenvalue weighted by atomic mass is 9.96. The Bertz CT molecular complexity index is 571. The number of imidazole rings is 1. The molecule has 6 heteroatoms. The number of piperidine rings is 1. The van der Waals surface area contributed by atoms with E-state index in [1.807, 2.05) is 18.3 Å². The first kappa shape index (κ1) is 11.0. The number of hydrogen-bond acceptors (Lipinski definition) is 4. The van der Waals surface area contributed by atoms with Gasteiger partial charge in [0, 0.05) is 31.4 Å². The molecule has 0 saturated carbocycles. The Morgan fingerprint density at radius 3 is 2.83 bits per heavy atom. The van der Waals surface area contributed by atoms with Crippen molar-refractivity contribution in [3.05, 3.63) is 24.5 Å². The van der Waals surface area contributed by atoms with Gasteiger partial charge in [0.25, 0.3) is 0 Å². The highest BCUT2D eigenvalue weighted by Crippen LogP contribution is 2.21. The van der Waals surface area contributed by atoms with Crippen molar-refractivity contribution in [2.75, 3.05) is 18.0 Å². The summed E-state index contributed by atoms with van der Waals surface area (Å²) in [6.07, 6.45) is 5.17. The van der Waals surface area contributed by atoms with Crippen molar-refractivity contribution >= 4 is 17.4 Å². The molecule has 0 unspecified atom stereocenters. The smallest absolute Gasteiger partial charge is 0.220 e. The van der Waals surface area contributed by atoms with Gasteiger partial charge in [0.2, 0.25) is 5.91 Å². The van der Waals surface area contributed by atoms with Crippen molar-refractivity contribution in [2.24, 2.45) is 11.7 Å². The normalized spacial score (nSPS) is 17.2. The molecule has 0 bridgehead atoms. The predicted octanol–water partition coefficient (Wildman–Crippen LogP) is 0.431. The minimum atomic E-state index is -0.187. The molecule has 1 fully saturated rings. The van der Waals surface area contributed by atoms with Crippen LogP contribution in [-0.2, 0) is 4.79 Å². The summed E-state index contributed by atoms with van der Waals surface area (Å²) in [5.41, 5.74) is 6.17. The number of aromatic nitrogens is 3. The number of nitrogens with zero attached hydrogens (tertiary/aromatic N) is 4. The average molecular weight is 245 g/mol. The third kappa shape index (κ3) is 1.90. The maximum atomic E-state index is 11.1. The Morgan fingerprint density at radius 2 is 2.11 bits per heavy atom. The highest BCUT2D eigenvalue weighted by molar-refractivity contribution is 5.76. The maximum absolute atomic E-state index is 11.1. The van der Waals surface area contributed by atoms with Crippen molar-refractivity contribution in [1.82, 2.24) is 14.6 Å². The molecule has 1 amide bonds. The molecule has 1 aliphatic rings. The number of rotatable bonds is 2. The van der Waals surface area contributed by atoms with Gasteiger partial charge in [0.1, 0.15) is 5.82 Å². The molecule has 94 valence electrons. The first-order valence-corrected chi connectivity index (χ1v) is 6.09. The van der Waals surface area contributed by atoms with Crippen molar-refractivity contribution in [1.29, 1.82) is 0 Å². The summed E-state index contributed by atoms with van der Waals surface area (Å²) in [5.74, 6) is 0.745. The van der Waals surface area contributed by atoms with Crippen LogP contribution in [0.5, 0.6) is 0 Å². The highest BCUT2D eigenvalue weighted by Gasteiger charge is 2.23. The fourth-order valence-corrected chi connectivity index (χ4v) is 2.37. The van der Waals surface area contributed by atoms with Gasteiger partial charge in [-0.1, -0.05) is 0 Å². The van der Waals surface area contributed by atoms with Crippen molar-refractivity contribution in [3.8, 4) is 0 Å². The minimum absolute atomic E-state index is 0.0122. The third-order valence-electron chi connectivity index (χ3n) is 3.46. The number of carbonyl (C=O) groups excluding carboxylic acids is 1. The van der Waals surface area contributed by atoms with Crippen LogP contribution in [0, 0.1) is 5.92 Å². The Morgan fingerprint density at radius 1 is 1.33 bits per heavy atom. The molecule has 2 N–H and O–H groups in total. The lowest BCUT2D eigenvalue weighted by molar-refractivity contribution is -0.122. The number of carbonyl (C=O) groups is 1. The third-order valence-corrected chi connectivity index (χ3v) is 3.46. The summed E-state index contributed by atoms with van der Waals surface area (Å²) in [6.45, 7) is 1.64. The quantitative estimate of drug-likeness (QED) is 0.832. The lowest BCUT2D eigenvalue weighted by Crippen LogP contribution is -2.39. The van der Waals surface area contributed by atoms with Crippen LogP contribution in [0.2, 0.25) is 0 Å². The summed E-state index contributed by atoms with van der Waals surface area (Å²) in [7, 11) is 0. The predicted molar refractivity (Wildman–Crippen MR) is 67.1 cm³/mol. The van der Waals surface area contributed by atoms with Gasteiger partial charge >= 0.3 is 0 Å². The molecule has 1 saturated heterocycles. The molecule has 2 aromatic heterocycles. The topological polar surface area (TPSA) is 76.5 Å². The van der Waals surface area contributed by atoms with Gasteiger partial charge in [0.05, 0.1) is 0 Å². The molecule has 3 rings (SSSR count). The molecule has 0 aliphatic carbocycles. The average Bonchev–Trinajstić information content (AvgIpc) is 2.86. The molecule has 3 heterocycles. The van der Waals surface area contributed by atoms with Crippen LogP contribution < -0.4 is 10.6 Å². The molecular weight excluding hydrogens is 230 g/mol. The first-order chi connectivity index (χ1) is 8.74. The SMILES string of the molecule is NC(=O)C1CCN(c2ccc3nccn3n2)CC1. The van der Waals surface area contributed by atoms with Crippen LogP contribution in [0.4, 0.5) is 5.82 Å². The van der Waals surface area contributed by atoms with Gasteiger partial charge in [-0.25, -0.2) is 9.50 Å². The zero-order valence-electron chi connectivity index (χ0n) is 9.99. The summed E-state index contributed by atoms with van der Waals surface area (Å²) in [5, 5.41) is 4.49. The Hall–Kier alpha value is -2.11. The second kappa shape index (κ2) is 4.29. The van der Waals surface area contributed by atoms with E-state index in [1.54, 1.807) is 10.7 Å². The molecular formula is C12H15N5O. The van der Waals surface area contributed by atoms with Gasteiger partial charge in [-0.2, -0.15) is 0 Å². The van der Waals surface area contributed by atoms with E-state index in [1.165, 1.54) is 0 Å². The van der Waals surface area contributed by atoms with Crippen molar-refractivity contribution in [3.63, 3.8) is 0 Å². The van der Waals surface area contributed by atoms with Crippen LogP contribution in [0.15, 0.2) is 24.5 Å². The van der Waals surface area contributed by atoms with Gasteiger partial charge < -0.3 is 10.6 Å². The molecule has 0 atom stereocenters. The maximum Gasteiger partial charge on any atom is 0.220 e. The van der Waals surface area contributed by atoms with E-state index in [0.717, 1.165) is 37.4 Å². The summed E-state index contributed by atoms with van der Waals surface area (Å²) in [4.78, 5) is 17.5. The standard InChI is InChI=1S/C12H15N5O/c13-12(18)9-3-6-16(7-4-9)11-2-1-10-14-5-8-17(10)15-11/h1-2,5,8-9H,3-4,6-7H2,(H2,13,18). The van der Waals surface area contributed by atoms with Crippen LogP contribution >= 0.6 is 0 Å². The van der Waals surface area contributed by atoms with Gasteiger partial charge in [-0.3, -0.25) is 4.79 Å². The number of nitrogens with two attached hydrogens (primary N) is 1. The van der Waals surface area contributed by atoms with Crippen molar-refractivity contribution in [2.45, 2.75) is 12.8 Å². The van der Waals surface area contributed by atoms with Crippen LogP contribution in [0.25, 0.3) is 5.65 Å². The molecule has 1 aliphatic heterocycles. The number of primary amides is 1. The number of amides is 1. The second-order valence-electron chi connectivity index (χ2n) is 4.59. The van der Waals surface area contributed by atoms with E-state index >= 15 is 0 Å². The van der Waals surface area contributed by atoms with E-state index in [2.05, 4.69) is 15.0 Å². The zero-order chi connectivity index (χ0) is 12.5. The van der Waals surface area contributed by atoms with Crippen molar-refractivity contribution < 1.29 is 4.79 Å². The largest absolute Gasteiger partial charge is 0.369 e. The van der Waals surface area contributed by atoms with E-state index < -0.39 is 0 Å². The molecule has 0 spiro atoms. The molecule has 2 aromatic rings. The molecule has 6 nitrogen and oxygen atoms in total. The summed E-state index contributed by atoms with van der Waals surface area (Å²) >= 11 is 0. The fourth-order valence-electron chi connectivity index (χ4n) is 2.37. The van der Waals surface area contributed by atoms with Crippen LogP contribution in [0.3, 0.4) is 0 Å². The Balaban J connectivity index is 1.77. The van der Waals surface area contributed by atoms with Gasteiger partial charge in [-0.15, -0.1) is 5.10 Å². The fraction of sp³-hybridized carbons (Fsp3) is 0.417. The highest BCUT2D eigenvalue weighted by atomic mass is 16.1. The Labute approximate surface area is 104 Å². The van der Waals surface area contributed by atoms with E-state index in [0.29, 0.717) is 0 Å². The van der Waals surface area contributed by atoms with Gasteiger partial charge in [-0.05, 0) is 25.0 Å². The number of anilines is 1. The molecule has 0 radical (unpaired) electrons. The number of hydrogen-bond donors (Lipinski definition) is 1. The molecule has 18 heavy (non-hydrogen) atoms. The molecule has 0 aromatic carbocycles. The number of fused-ring (bicyclic) bond motifs is 1. The lowest BCUT2D eigenvalue weighted by Gasteiger charge is -2.31. The first-order valence-electron chi connectivity index (χ1n) is 6.09. The minimum Gasteiger partial charge on any atom is -0.369 e.